The molecule has 0 heterocycles. The summed E-state index contributed by atoms with van der Waals surface area (Å²) in [4.78, 5) is 12.1. The Morgan fingerprint density at radius 3 is 2.47 bits per heavy atom. The molecule has 0 radical (unpaired) electrons. The maximum absolute atomic E-state index is 12.1. The summed E-state index contributed by atoms with van der Waals surface area (Å²) < 4.78 is 0. The van der Waals surface area contributed by atoms with Crippen molar-refractivity contribution in [3.8, 4) is 0 Å². The third-order valence-corrected chi connectivity index (χ3v) is 2.63. The summed E-state index contributed by atoms with van der Waals surface area (Å²) in [7, 11) is 0. The second-order valence-corrected chi connectivity index (χ2v) is 3.80. The van der Waals surface area contributed by atoms with Crippen LogP contribution >= 0.6 is 0 Å². The number of allylic oxidation sites excluding steroid dienone is 2. The molecule has 1 unspecified atom stereocenters. The normalized spacial score (nSPS) is 19.6. The first-order chi connectivity index (χ1) is 8.11. The Balaban J connectivity index is 2.39. The van der Waals surface area contributed by atoms with Gasteiger partial charge in [-0.1, -0.05) is 43.0 Å². The van der Waals surface area contributed by atoms with Crippen LogP contribution in [0.25, 0.3) is 0 Å². The molecule has 1 aromatic carbocycles. The average Bonchev–Trinajstić information content (AvgIpc) is 2.36. The maximum atomic E-state index is 12.1. The number of aliphatic hydroxyl groups is 2. The molecular weight excluding hydrogens is 216 g/mol. The van der Waals surface area contributed by atoms with Crippen LogP contribution in [0.4, 0.5) is 0 Å². The third-order valence-electron chi connectivity index (χ3n) is 2.63. The van der Waals surface area contributed by atoms with E-state index >= 15 is 0 Å². The van der Waals surface area contributed by atoms with E-state index in [4.69, 9.17) is 0 Å². The first-order valence-electron chi connectivity index (χ1n) is 5.19. The molecule has 0 bridgehead atoms. The van der Waals surface area contributed by atoms with Gasteiger partial charge in [-0.2, -0.15) is 0 Å². The van der Waals surface area contributed by atoms with Gasteiger partial charge in [-0.05, 0) is 11.6 Å². The number of rotatable bonds is 2. The summed E-state index contributed by atoms with van der Waals surface area (Å²) in [6.45, 7) is 3.57. The molecule has 3 nitrogen and oxygen atoms in total. The maximum Gasteiger partial charge on any atom is 0.196 e. The molecule has 0 fully saturated rings. The Morgan fingerprint density at radius 1 is 1.18 bits per heavy atom. The molecule has 1 aromatic rings. The first kappa shape index (κ1) is 11.4. The van der Waals surface area contributed by atoms with Crippen LogP contribution in [0.3, 0.4) is 0 Å². The lowest BCUT2D eigenvalue weighted by molar-refractivity contribution is 0.102. The predicted octanol–water partition coefficient (Wildman–Crippen LogP) is 2.17. The van der Waals surface area contributed by atoms with E-state index < -0.39 is 6.10 Å². The van der Waals surface area contributed by atoms with Gasteiger partial charge in [0.2, 0.25) is 0 Å². The quantitative estimate of drug-likeness (QED) is 0.763. The summed E-state index contributed by atoms with van der Waals surface area (Å²) in [5, 5.41) is 19.3. The predicted molar refractivity (Wildman–Crippen MR) is 64.7 cm³/mol. The lowest BCUT2D eigenvalue weighted by atomic mass is 9.93. The summed E-state index contributed by atoms with van der Waals surface area (Å²) in [5.41, 5.74) is 0.946. The average molecular weight is 228 g/mol. The zero-order chi connectivity index (χ0) is 12.4. The number of benzene rings is 1. The highest BCUT2D eigenvalue weighted by atomic mass is 16.3. The van der Waals surface area contributed by atoms with Crippen LogP contribution in [0.2, 0.25) is 0 Å². The molecule has 2 rings (SSSR count). The van der Waals surface area contributed by atoms with Gasteiger partial charge in [-0.15, -0.1) is 0 Å². The van der Waals surface area contributed by atoms with Crippen LogP contribution in [0, 0.1) is 0 Å². The van der Waals surface area contributed by atoms with Crippen LogP contribution in [0.5, 0.6) is 0 Å². The van der Waals surface area contributed by atoms with Crippen LogP contribution in [0.1, 0.15) is 10.4 Å². The topological polar surface area (TPSA) is 57.5 Å². The lowest BCUT2D eigenvalue weighted by Crippen LogP contribution is -2.20. The van der Waals surface area contributed by atoms with E-state index in [2.05, 4.69) is 6.58 Å². The van der Waals surface area contributed by atoms with Crippen molar-refractivity contribution in [1.29, 1.82) is 0 Å². The monoisotopic (exact) mass is 228 g/mol. The Hall–Kier alpha value is -2.13. The molecule has 1 aliphatic carbocycles. The second kappa shape index (κ2) is 4.39. The van der Waals surface area contributed by atoms with Crippen LogP contribution in [-0.4, -0.2) is 22.1 Å². The van der Waals surface area contributed by atoms with E-state index in [9.17, 15) is 15.0 Å². The minimum atomic E-state index is -1.19. The molecule has 0 amide bonds. The standard InChI is InChI=1S/C14H12O3/c1-9-7-8-11(14(17)12(9)15)13(16)10-5-3-2-4-6-10/h2-8,12,15,17H,1H2. The van der Waals surface area contributed by atoms with Gasteiger partial charge < -0.3 is 10.2 Å². The molecule has 1 atom stereocenters. The zero-order valence-electron chi connectivity index (χ0n) is 9.13. The molecule has 17 heavy (non-hydrogen) atoms. The van der Waals surface area contributed by atoms with Gasteiger partial charge in [0.1, 0.15) is 11.9 Å². The molecule has 1 aliphatic rings. The van der Waals surface area contributed by atoms with Gasteiger partial charge in [0.25, 0.3) is 0 Å². The number of carbonyl (C=O) groups is 1. The van der Waals surface area contributed by atoms with Gasteiger partial charge in [0, 0.05) is 5.56 Å². The number of hydrogen-bond acceptors (Lipinski definition) is 3. The van der Waals surface area contributed by atoms with Crippen LogP contribution in [-0.2, 0) is 0 Å². The van der Waals surface area contributed by atoms with Crippen molar-refractivity contribution < 1.29 is 15.0 Å². The van der Waals surface area contributed by atoms with Gasteiger partial charge in [0.05, 0.1) is 5.57 Å². The van der Waals surface area contributed by atoms with Gasteiger partial charge in [-0.3, -0.25) is 4.79 Å². The fraction of sp³-hybridized carbons (Fsp3) is 0.0714. The molecular formula is C14H12O3. The van der Waals surface area contributed by atoms with Crippen LogP contribution < -0.4 is 0 Å². The van der Waals surface area contributed by atoms with Gasteiger partial charge >= 0.3 is 0 Å². The lowest BCUT2D eigenvalue weighted by Gasteiger charge is -2.17. The third kappa shape index (κ3) is 2.05. The molecule has 0 aromatic heterocycles. The molecule has 3 heteroatoms. The summed E-state index contributed by atoms with van der Waals surface area (Å²) in [5.74, 6) is -0.655. The minimum Gasteiger partial charge on any atom is -0.508 e. The molecule has 2 N–H and O–H groups in total. The number of ketones is 1. The van der Waals surface area contributed by atoms with Crippen molar-refractivity contribution in [3.63, 3.8) is 0 Å². The Labute approximate surface area is 99.0 Å². The molecule has 0 saturated heterocycles. The fourth-order valence-electron chi connectivity index (χ4n) is 1.63. The molecule has 0 aliphatic heterocycles. The molecule has 0 spiro atoms. The summed E-state index contributed by atoms with van der Waals surface area (Å²) >= 11 is 0. The van der Waals surface area contributed by atoms with E-state index in [0.29, 0.717) is 11.1 Å². The van der Waals surface area contributed by atoms with E-state index in [1.54, 1.807) is 30.3 Å². The zero-order valence-corrected chi connectivity index (χ0v) is 9.13. The first-order valence-corrected chi connectivity index (χ1v) is 5.19. The van der Waals surface area contributed by atoms with Crippen molar-refractivity contribution in [2.75, 3.05) is 0 Å². The van der Waals surface area contributed by atoms with E-state index in [-0.39, 0.29) is 17.1 Å². The van der Waals surface area contributed by atoms with Crippen molar-refractivity contribution in [3.05, 3.63) is 71.5 Å². The fourth-order valence-corrected chi connectivity index (χ4v) is 1.63. The Kier molecular flexibility index (Phi) is 2.93. The van der Waals surface area contributed by atoms with E-state index in [1.165, 1.54) is 12.2 Å². The minimum absolute atomic E-state index is 0.108. The summed E-state index contributed by atoms with van der Waals surface area (Å²) in [6, 6.07) is 8.61. The Morgan fingerprint density at radius 2 is 1.82 bits per heavy atom. The molecule has 0 saturated carbocycles. The number of aliphatic hydroxyl groups excluding tert-OH is 2. The van der Waals surface area contributed by atoms with Crippen molar-refractivity contribution in [2.24, 2.45) is 0 Å². The van der Waals surface area contributed by atoms with Crippen molar-refractivity contribution >= 4 is 5.78 Å². The van der Waals surface area contributed by atoms with E-state index in [0.717, 1.165) is 0 Å². The van der Waals surface area contributed by atoms with Crippen LogP contribution in [0.15, 0.2) is 66.0 Å². The Bertz CT molecular complexity index is 524. The smallest absolute Gasteiger partial charge is 0.196 e. The highest BCUT2D eigenvalue weighted by Gasteiger charge is 2.24. The SMILES string of the molecule is C=C1C=CC(C(=O)c2ccccc2)=C(O)C1O. The number of Topliss-reactive ketones (excluding diaryl/α,β-unsaturated/α-hetero) is 1. The van der Waals surface area contributed by atoms with Gasteiger partial charge in [0.15, 0.2) is 5.78 Å². The molecule has 86 valence electrons. The van der Waals surface area contributed by atoms with Crippen molar-refractivity contribution in [1.82, 2.24) is 0 Å². The number of carbonyl (C=O) groups excluding carboxylic acids is 1. The largest absolute Gasteiger partial charge is 0.508 e. The summed E-state index contributed by atoms with van der Waals surface area (Å²) in [6.07, 6.45) is 1.81. The second-order valence-electron chi connectivity index (χ2n) is 3.80. The van der Waals surface area contributed by atoms with E-state index in [1.807, 2.05) is 0 Å². The van der Waals surface area contributed by atoms with Gasteiger partial charge in [-0.25, -0.2) is 0 Å². The number of hydrogen-bond donors (Lipinski definition) is 2. The highest BCUT2D eigenvalue weighted by molar-refractivity contribution is 6.11. The van der Waals surface area contributed by atoms with Crippen molar-refractivity contribution in [2.45, 2.75) is 6.10 Å². The highest BCUT2D eigenvalue weighted by Crippen LogP contribution is 2.23.